The van der Waals surface area contributed by atoms with Crippen LogP contribution in [-0.4, -0.2) is 49.6 Å². The minimum atomic E-state index is -0.637. The summed E-state index contributed by atoms with van der Waals surface area (Å²) < 4.78 is 49.4. The number of hydrogen-bond donors (Lipinski definition) is 2. The first-order valence-corrected chi connectivity index (χ1v) is 13.2. The van der Waals surface area contributed by atoms with E-state index in [9.17, 15) is 4.39 Å². The van der Waals surface area contributed by atoms with Gasteiger partial charge in [0.1, 0.15) is 0 Å². The number of halogens is 1. The van der Waals surface area contributed by atoms with Gasteiger partial charge >= 0.3 is 0 Å². The first-order valence-electron chi connectivity index (χ1n) is 13.2. The highest BCUT2D eigenvalue weighted by atomic mass is 19.1. The normalized spacial score (nSPS) is 10.5. The smallest absolute Gasteiger partial charge is 0.229 e. The second-order valence-electron chi connectivity index (χ2n) is 7.84. The fraction of sp³-hybridized carbons (Fsp3) is 0.429. The third kappa shape index (κ3) is 7.68. The fourth-order valence-electron chi connectivity index (χ4n) is 3.70. The van der Waals surface area contributed by atoms with Gasteiger partial charge in [-0.15, -0.1) is 0 Å². The molecule has 3 rings (SSSR count). The topological polar surface area (TPSA) is 105 Å². The molecule has 212 valence electrons. The average molecular weight is 545 g/mol. The highest BCUT2D eigenvalue weighted by Gasteiger charge is 2.18. The van der Waals surface area contributed by atoms with Crippen molar-refractivity contribution in [2.24, 2.45) is 0 Å². The number of nitrogens with zero attached hydrogens (tertiary/aromatic N) is 2. The molecule has 0 saturated heterocycles. The molecule has 39 heavy (non-hydrogen) atoms. The van der Waals surface area contributed by atoms with Crippen LogP contribution in [-0.2, 0) is 0 Å². The molecular formula is C28H37FN4O6. The third-order valence-corrected chi connectivity index (χ3v) is 5.08. The summed E-state index contributed by atoms with van der Waals surface area (Å²) in [6, 6.07) is 6.93. The lowest BCUT2D eigenvalue weighted by atomic mass is 10.2. The molecule has 0 radical (unpaired) electrons. The number of anilines is 4. The van der Waals surface area contributed by atoms with E-state index in [4.69, 9.17) is 28.4 Å². The van der Waals surface area contributed by atoms with Crippen molar-refractivity contribution in [2.45, 2.75) is 41.5 Å². The summed E-state index contributed by atoms with van der Waals surface area (Å²) in [5, 5.41) is 6.10. The fourth-order valence-corrected chi connectivity index (χ4v) is 3.70. The Hall–Kier alpha value is -4.15. The summed E-state index contributed by atoms with van der Waals surface area (Å²) >= 11 is 0. The Balaban J connectivity index is 1.95. The van der Waals surface area contributed by atoms with Crippen LogP contribution in [0.2, 0.25) is 0 Å². The first kappa shape index (κ1) is 29.4. The highest BCUT2D eigenvalue weighted by Crippen LogP contribution is 2.43. The predicted molar refractivity (Wildman–Crippen MR) is 148 cm³/mol. The molecule has 0 unspecified atom stereocenters. The van der Waals surface area contributed by atoms with Crippen molar-refractivity contribution in [1.82, 2.24) is 9.97 Å². The zero-order valence-corrected chi connectivity index (χ0v) is 23.4. The molecule has 0 aliphatic carbocycles. The van der Waals surface area contributed by atoms with Crippen LogP contribution in [0, 0.1) is 5.82 Å². The van der Waals surface area contributed by atoms with Crippen molar-refractivity contribution < 1.29 is 32.8 Å². The summed E-state index contributed by atoms with van der Waals surface area (Å²) in [7, 11) is 0. The molecule has 0 amide bonds. The Morgan fingerprint density at radius 3 is 1.36 bits per heavy atom. The van der Waals surface area contributed by atoms with Gasteiger partial charge in [0.05, 0.1) is 45.8 Å². The van der Waals surface area contributed by atoms with Crippen molar-refractivity contribution in [2.75, 3.05) is 50.3 Å². The van der Waals surface area contributed by atoms with Gasteiger partial charge in [0.15, 0.2) is 34.6 Å². The molecule has 1 heterocycles. The number of hydrogen-bond acceptors (Lipinski definition) is 10. The van der Waals surface area contributed by atoms with Crippen LogP contribution in [0.25, 0.3) is 0 Å². The molecule has 0 atom stereocenters. The van der Waals surface area contributed by atoms with Crippen LogP contribution >= 0.6 is 0 Å². The van der Waals surface area contributed by atoms with E-state index in [1.54, 1.807) is 24.3 Å². The number of rotatable bonds is 16. The van der Waals surface area contributed by atoms with Gasteiger partial charge in [0, 0.05) is 35.6 Å². The number of nitrogens with one attached hydrogen (secondary N) is 2. The van der Waals surface area contributed by atoms with Crippen molar-refractivity contribution in [1.29, 1.82) is 0 Å². The van der Waals surface area contributed by atoms with Crippen LogP contribution in [0.3, 0.4) is 0 Å². The molecule has 0 aliphatic heterocycles. The van der Waals surface area contributed by atoms with Gasteiger partial charge in [0.25, 0.3) is 0 Å². The van der Waals surface area contributed by atoms with E-state index in [-0.39, 0.29) is 11.8 Å². The summed E-state index contributed by atoms with van der Waals surface area (Å²) in [6.07, 6.45) is 1.08. The van der Waals surface area contributed by atoms with E-state index in [0.29, 0.717) is 85.5 Å². The summed E-state index contributed by atoms with van der Waals surface area (Å²) in [5.41, 5.74) is 1.09. The summed E-state index contributed by atoms with van der Waals surface area (Å²) in [6.45, 7) is 13.9. The van der Waals surface area contributed by atoms with E-state index < -0.39 is 5.82 Å². The zero-order chi connectivity index (χ0) is 28.2. The Labute approximate surface area is 228 Å². The molecule has 0 fully saturated rings. The second-order valence-corrected chi connectivity index (χ2v) is 7.84. The number of aromatic nitrogens is 2. The highest BCUT2D eigenvalue weighted by molar-refractivity contribution is 5.69. The Kier molecular flexibility index (Phi) is 11.1. The van der Waals surface area contributed by atoms with Crippen LogP contribution in [0.4, 0.5) is 27.5 Å². The molecule has 2 aromatic carbocycles. The molecule has 0 bridgehead atoms. The molecule has 10 nitrogen and oxygen atoms in total. The molecule has 0 spiro atoms. The lowest BCUT2D eigenvalue weighted by molar-refractivity contribution is 0.261. The quantitative estimate of drug-likeness (QED) is 0.208. The van der Waals surface area contributed by atoms with E-state index in [1.807, 2.05) is 41.5 Å². The first-order chi connectivity index (χ1) is 19.0. The van der Waals surface area contributed by atoms with Gasteiger partial charge in [-0.2, -0.15) is 4.98 Å². The standard InChI is InChI=1S/C28H37FN4O6/c1-7-34-21-13-18(14-22(35-8-2)25(21)38-11-5)31-27-20(29)17-30-28(33-27)32-19-15-23(36-9-3)26(39-12-6)24(16-19)37-10-4/h13-17H,7-12H2,1-6H3,(H2,30,31,32,33). The van der Waals surface area contributed by atoms with Gasteiger partial charge in [-0.25, -0.2) is 9.37 Å². The Bertz CT molecular complexity index is 1170. The van der Waals surface area contributed by atoms with Gasteiger partial charge in [0.2, 0.25) is 17.4 Å². The molecule has 11 heteroatoms. The van der Waals surface area contributed by atoms with Crippen molar-refractivity contribution in [3.05, 3.63) is 36.3 Å². The van der Waals surface area contributed by atoms with Crippen LogP contribution in [0.15, 0.2) is 30.5 Å². The van der Waals surface area contributed by atoms with Gasteiger partial charge < -0.3 is 39.1 Å². The van der Waals surface area contributed by atoms with Crippen molar-refractivity contribution in [3.63, 3.8) is 0 Å². The predicted octanol–water partition coefficient (Wildman–Crippen LogP) is 6.50. The largest absolute Gasteiger partial charge is 0.490 e. The number of benzene rings is 2. The minimum Gasteiger partial charge on any atom is -0.490 e. The molecule has 0 aliphatic rings. The lowest BCUT2D eigenvalue weighted by Gasteiger charge is -2.18. The van der Waals surface area contributed by atoms with E-state index in [0.717, 1.165) is 6.20 Å². The molecule has 0 saturated carbocycles. The summed E-state index contributed by atoms with van der Waals surface area (Å²) in [5.74, 6) is 2.45. The zero-order valence-electron chi connectivity index (χ0n) is 23.4. The van der Waals surface area contributed by atoms with Crippen LogP contribution < -0.4 is 39.1 Å². The third-order valence-electron chi connectivity index (χ3n) is 5.08. The Morgan fingerprint density at radius 1 is 0.590 bits per heavy atom. The van der Waals surface area contributed by atoms with Gasteiger partial charge in [-0.1, -0.05) is 0 Å². The maximum Gasteiger partial charge on any atom is 0.229 e. The van der Waals surface area contributed by atoms with E-state index in [2.05, 4.69) is 20.6 Å². The van der Waals surface area contributed by atoms with E-state index >= 15 is 0 Å². The van der Waals surface area contributed by atoms with E-state index in [1.165, 1.54) is 0 Å². The molecule has 1 aromatic heterocycles. The maximum atomic E-state index is 14.8. The molecule has 2 N–H and O–H groups in total. The second kappa shape index (κ2) is 14.7. The van der Waals surface area contributed by atoms with Crippen LogP contribution in [0.5, 0.6) is 34.5 Å². The minimum absolute atomic E-state index is 0.0393. The van der Waals surface area contributed by atoms with Crippen molar-refractivity contribution >= 4 is 23.1 Å². The lowest BCUT2D eigenvalue weighted by Crippen LogP contribution is -2.07. The van der Waals surface area contributed by atoms with Gasteiger partial charge in [-0.3, -0.25) is 0 Å². The SMILES string of the molecule is CCOc1cc(Nc2ncc(F)c(Nc3cc(OCC)c(OCC)c(OCC)c3)n2)cc(OCC)c1OCC. The maximum absolute atomic E-state index is 14.8. The molecular weight excluding hydrogens is 507 g/mol. The number of ether oxygens (including phenoxy) is 6. The average Bonchev–Trinajstić information content (AvgIpc) is 2.90. The van der Waals surface area contributed by atoms with Crippen LogP contribution in [0.1, 0.15) is 41.5 Å². The Morgan fingerprint density at radius 2 is 0.974 bits per heavy atom. The summed E-state index contributed by atoms with van der Waals surface area (Å²) in [4.78, 5) is 8.45. The van der Waals surface area contributed by atoms with Crippen molar-refractivity contribution in [3.8, 4) is 34.5 Å². The van der Waals surface area contributed by atoms with Gasteiger partial charge in [-0.05, 0) is 41.5 Å². The monoisotopic (exact) mass is 544 g/mol. The molecule has 3 aromatic rings.